The monoisotopic (exact) mass is 406 g/mol. The number of amides is 1. The Morgan fingerprint density at radius 3 is 2.21 bits per heavy atom. The zero-order valence-corrected chi connectivity index (χ0v) is 16.7. The average Bonchev–Trinajstić information content (AvgIpc) is 3.54. The fraction of sp³-hybridized carbons (Fsp3) is 0.174. The molecule has 0 unspecified atom stereocenters. The van der Waals surface area contributed by atoms with Gasteiger partial charge in [-0.15, -0.1) is 0 Å². The molecule has 0 atom stereocenters. The highest BCUT2D eigenvalue weighted by molar-refractivity contribution is 7.89. The van der Waals surface area contributed by atoms with Crippen LogP contribution in [0.1, 0.15) is 34.3 Å². The third-order valence-corrected chi connectivity index (χ3v) is 6.37. The lowest BCUT2D eigenvalue weighted by Crippen LogP contribution is -2.25. The minimum Gasteiger partial charge on any atom is -0.322 e. The van der Waals surface area contributed by atoms with Crippen molar-refractivity contribution in [3.63, 3.8) is 0 Å². The lowest BCUT2D eigenvalue weighted by molar-refractivity contribution is 0.102. The summed E-state index contributed by atoms with van der Waals surface area (Å²) >= 11 is 0. The van der Waals surface area contributed by atoms with Gasteiger partial charge in [-0.1, -0.05) is 48.5 Å². The molecule has 2 N–H and O–H groups in total. The van der Waals surface area contributed by atoms with Gasteiger partial charge in [0.1, 0.15) is 0 Å². The van der Waals surface area contributed by atoms with Gasteiger partial charge >= 0.3 is 0 Å². The number of hydrogen-bond donors (Lipinski definition) is 2. The van der Waals surface area contributed by atoms with Crippen molar-refractivity contribution in [2.45, 2.75) is 30.2 Å². The van der Waals surface area contributed by atoms with Crippen LogP contribution >= 0.6 is 0 Å². The largest absolute Gasteiger partial charge is 0.322 e. The van der Waals surface area contributed by atoms with E-state index in [2.05, 4.69) is 10.0 Å². The van der Waals surface area contributed by atoms with Crippen molar-refractivity contribution in [3.8, 4) is 0 Å². The molecule has 3 aromatic carbocycles. The van der Waals surface area contributed by atoms with E-state index < -0.39 is 10.0 Å². The van der Waals surface area contributed by atoms with Crippen LogP contribution in [0.5, 0.6) is 0 Å². The summed E-state index contributed by atoms with van der Waals surface area (Å²) in [4.78, 5) is 12.9. The molecule has 5 nitrogen and oxygen atoms in total. The van der Waals surface area contributed by atoms with Gasteiger partial charge in [0.25, 0.3) is 5.91 Å². The lowest BCUT2D eigenvalue weighted by atomic mass is 10.0. The van der Waals surface area contributed by atoms with Crippen LogP contribution in [0.3, 0.4) is 0 Å². The van der Waals surface area contributed by atoms with E-state index in [1.807, 2.05) is 54.6 Å². The highest BCUT2D eigenvalue weighted by atomic mass is 32.2. The maximum absolute atomic E-state index is 12.7. The van der Waals surface area contributed by atoms with E-state index >= 15 is 0 Å². The molecule has 148 valence electrons. The molecular weight excluding hydrogens is 384 g/mol. The lowest BCUT2D eigenvalue weighted by Gasteiger charge is -2.12. The summed E-state index contributed by atoms with van der Waals surface area (Å²) in [6.07, 6.45) is 2.46. The molecule has 0 bridgehead atoms. The standard InChI is InChI=1S/C23H22N2O3S/c26-23(18-10-14-21(15-11-18)29(27,28)25-20-12-13-20)24-22-9-5-4-8-19(22)16-17-6-2-1-3-7-17/h1-11,14-15,20,25H,12-13,16H2,(H,24,26). The molecule has 0 heterocycles. The quantitative estimate of drug-likeness (QED) is 0.623. The van der Waals surface area contributed by atoms with Crippen molar-refractivity contribution in [2.75, 3.05) is 5.32 Å². The molecule has 4 rings (SSSR count). The Kier molecular flexibility index (Phi) is 5.47. The van der Waals surface area contributed by atoms with E-state index in [9.17, 15) is 13.2 Å². The molecule has 0 aliphatic heterocycles. The van der Waals surface area contributed by atoms with E-state index in [1.54, 1.807) is 0 Å². The molecule has 29 heavy (non-hydrogen) atoms. The summed E-state index contributed by atoms with van der Waals surface area (Å²) in [7, 11) is -3.52. The third-order valence-electron chi connectivity index (χ3n) is 4.83. The molecule has 0 radical (unpaired) electrons. The Labute approximate surface area is 170 Å². The average molecular weight is 407 g/mol. The molecule has 0 saturated heterocycles. The Morgan fingerprint density at radius 2 is 1.52 bits per heavy atom. The van der Waals surface area contributed by atoms with Crippen molar-refractivity contribution >= 4 is 21.6 Å². The van der Waals surface area contributed by atoms with E-state index in [4.69, 9.17) is 0 Å². The number of para-hydroxylation sites is 1. The van der Waals surface area contributed by atoms with Gasteiger partial charge in [-0.05, 0) is 60.7 Å². The van der Waals surface area contributed by atoms with Crippen LogP contribution in [0.25, 0.3) is 0 Å². The Balaban J connectivity index is 1.48. The van der Waals surface area contributed by atoms with Crippen LogP contribution < -0.4 is 10.0 Å². The minimum absolute atomic E-state index is 0.0455. The molecule has 1 aliphatic rings. The van der Waals surface area contributed by atoms with Crippen molar-refractivity contribution in [1.82, 2.24) is 4.72 Å². The Hall–Kier alpha value is -2.96. The van der Waals surface area contributed by atoms with Crippen molar-refractivity contribution in [2.24, 2.45) is 0 Å². The van der Waals surface area contributed by atoms with Crippen LogP contribution in [-0.4, -0.2) is 20.4 Å². The van der Waals surface area contributed by atoms with Crippen LogP contribution in [0.2, 0.25) is 0 Å². The Bertz CT molecular complexity index is 1110. The maximum atomic E-state index is 12.7. The zero-order valence-electron chi connectivity index (χ0n) is 15.8. The van der Waals surface area contributed by atoms with Crippen molar-refractivity contribution in [1.29, 1.82) is 0 Å². The van der Waals surface area contributed by atoms with Gasteiger partial charge < -0.3 is 5.32 Å². The highest BCUT2D eigenvalue weighted by Crippen LogP contribution is 2.23. The molecule has 0 aromatic heterocycles. The first-order chi connectivity index (χ1) is 14.0. The second kappa shape index (κ2) is 8.19. The summed E-state index contributed by atoms with van der Waals surface area (Å²) in [5.74, 6) is -0.274. The van der Waals surface area contributed by atoms with Gasteiger partial charge in [-0.3, -0.25) is 4.79 Å². The normalized spacial score (nSPS) is 13.8. The Morgan fingerprint density at radius 1 is 0.862 bits per heavy atom. The predicted octanol–water partition coefficient (Wildman–Crippen LogP) is 3.97. The summed E-state index contributed by atoms with van der Waals surface area (Å²) < 4.78 is 27.2. The number of carbonyl (C=O) groups is 1. The fourth-order valence-corrected chi connectivity index (χ4v) is 4.39. The van der Waals surface area contributed by atoms with Gasteiger partial charge in [0, 0.05) is 17.3 Å². The molecule has 3 aromatic rings. The summed E-state index contributed by atoms with van der Waals surface area (Å²) in [6, 6.07) is 23.8. The van der Waals surface area contributed by atoms with Gasteiger partial charge in [-0.25, -0.2) is 13.1 Å². The number of sulfonamides is 1. The molecule has 1 fully saturated rings. The molecule has 1 aliphatic carbocycles. The first-order valence-electron chi connectivity index (χ1n) is 9.57. The number of nitrogens with one attached hydrogen (secondary N) is 2. The number of carbonyl (C=O) groups excluding carboxylic acids is 1. The van der Waals surface area contributed by atoms with Gasteiger partial charge in [-0.2, -0.15) is 0 Å². The van der Waals surface area contributed by atoms with Crippen LogP contribution in [0.15, 0.2) is 83.8 Å². The first-order valence-corrected chi connectivity index (χ1v) is 11.1. The number of hydrogen-bond acceptors (Lipinski definition) is 3. The predicted molar refractivity (Wildman–Crippen MR) is 113 cm³/mol. The summed E-state index contributed by atoms with van der Waals surface area (Å²) in [5, 5.41) is 2.94. The topological polar surface area (TPSA) is 75.3 Å². The van der Waals surface area contributed by atoms with Crippen molar-refractivity contribution in [3.05, 3.63) is 95.6 Å². The second-order valence-corrected chi connectivity index (χ2v) is 8.91. The van der Waals surface area contributed by atoms with Crippen LogP contribution in [-0.2, 0) is 16.4 Å². The third kappa shape index (κ3) is 4.91. The number of rotatable bonds is 7. The van der Waals surface area contributed by atoms with E-state index in [0.717, 1.165) is 29.7 Å². The summed E-state index contributed by atoms with van der Waals surface area (Å²) in [5.41, 5.74) is 3.32. The van der Waals surface area contributed by atoms with E-state index in [-0.39, 0.29) is 16.8 Å². The van der Waals surface area contributed by atoms with Crippen molar-refractivity contribution < 1.29 is 13.2 Å². The zero-order chi connectivity index (χ0) is 20.3. The fourth-order valence-electron chi connectivity index (χ4n) is 3.08. The van der Waals surface area contributed by atoms with Gasteiger partial charge in [0.15, 0.2) is 0 Å². The molecular formula is C23H22N2O3S. The number of benzene rings is 3. The molecule has 0 spiro atoms. The van der Waals surface area contributed by atoms with E-state index in [0.29, 0.717) is 12.0 Å². The van der Waals surface area contributed by atoms with Gasteiger partial charge in [0.2, 0.25) is 10.0 Å². The molecule has 1 saturated carbocycles. The maximum Gasteiger partial charge on any atom is 0.255 e. The SMILES string of the molecule is O=C(Nc1ccccc1Cc1ccccc1)c1ccc(S(=O)(=O)NC2CC2)cc1. The van der Waals surface area contributed by atoms with E-state index in [1.165, 1.54) is 24.3 Å². The summed E-state index contributed by atoms with van der Waals surface area (Å²) in [6.45, 7) is 0. The van der Waals surface area contributed by atoms with Crippen LogP contribution in [0.4, 0.5) is 5.69 Å². The van der Waals surface area contributed by atoms with Crippen LogP contribution in [0, 0.1) is 0 Å². The second-order valence-electron chi connectivity index (χ2n) is 7.19. The number of anilines is 1. The molecule has 6 heteroatoms. The van der Waals surface area contributed by atoms with Gasteiger partial charge in [0.05, 0.1) is 4.90 Å². The highest BCUT2D eigenvalue weighted by Gasteiger charge is 2.28. The smallest absolute Gasteiger partial charge is 0.255 e. The first kappa shape index (κ1) is 19.4. The molecule has 1 amide bonds. The minimum atomic E-state index is -3.52.